The van der Waals surface area contributed by atoms with Gasteiger partial charge >= 0.3 is 6.18 Å². The molecule has 5 nitrogen and oxygen atoms in total. The van der Waals surface area contributed by atoms with Crippen LogP contribution in [0.4, 0.5) is 13.2 Å². The number of rotatable bonds is 6. The molecule has 0 radical (unpaired) electrons. The molecule has 0 aliphatic heterocycles. The molecule has 0 spiro atoms. The lowest BCUT2D eigenvalue weighted by Gasteiger charge is -2.30. The van der Waals surface area contributed by atoms with Gasteiger partial charge in [-0.05, 0) is 45.6 Å². The molecule has 2 rings (SSSR count). The molecule has 1 aliphatic carbocycles. The van der Waals surface area contributed by atoms with Crippen LogP contribution in [0.15, 0.2) is 18.5 Å². The molecule has 1 amide bonds. The van der Waals surface area contributed by atoms with E-state index in [1.54, 1.807) is 6.20 Å². The van der Waals surface area contributed by atoms with Gasteiger partial charge in [0, 0.05) is 24.5 Å². The summed E-state index contributed by atoms with van der Waals surface area (Å²) in [7, 11) is 0. The van der Waals surface area contributed by atoms with E-state index >= 15 is 0 Å². The minimum absolute atomic E-state index is 0.0385. The van der Waals surface area contributed by atoms with Gasteiger partial charge in [-0.3, -0.25) is 9.48 Å². The first-order valence-electron chi connectivity index (χ1n) is 8.36. The summed E-state index contributed by atoms with van der Waals surface area (Å²) >= 11 is 0. The highest BCUT2D eigenvalue weighted by Crippen LogP contribution is 2.37. The summed E-state index contributed by atoms with van der Waals surface area (Å²) < 4.78 is 39.7. The van der Waals surface area contributed by atoms with E-state index in [0.717, 1.165) is 0 Å². The molecule has 1 saturated carbocycles. The Morgan fingerprint density at radius 2 is 1.96 bits per heavy atom. The average Bonchev–Trinajstić information content (AvgIpc) is 3.06. The molecule has 0 saturated heterocycles. The van der Waals surface area contributed by atoms with E-state index in [1.807, 2.05) is 30.8 Å². The zero-order valence-electron chi connectivity index (χ0n) is 14.0. The van der Waals surface area contributed by atoms with E-state index in [4.69, 9.17) is 0 Å². The summed E-state index contributed by atoms with van der Waals surface area (Å²) in [5, 5.41) is 10.1. The number of halogens is 3. The van der Waals surface area contributed by atoms with E-state index in [0.29, 0.717) is 12.8 Å². The Morgan fingerprint density at radius 3 is 2.50 bits per heavy atom. The molecule has 2 atom stereocenters. The molecule has 136 valence electrons. The van der Waals surface area contributed by atoms with Crippen molar-refractivity contribution in [3.05, 3.63) is 18.5 Å². The third-order valence-corrected chi connectivity index (χ3v) is 4.81. The van der Waals surface area contributed by atoms with E-state index in [9.17, 15) is 18.0 Å². The van der Waals surface area contributed by atoms with Gasteiger partial charge in [0.05, 0.1) is 18.5 Å². The van der Waals surface area contributed by atoms with E-state index in [-0.39, 0.29) is 43.4 Å². The largest absolute Gasteiger partial charge is 0.391 e. The Hall–Kier alpha value is -1.57. The van der Waals surface area contributed by atoms with Crippen molar-refractivity contribution >= 4 is 5.91 Å². The maximum absolute atomic E-state index is 12.6. The van der Waals surface area contributed by atoms with E-state index < -0.39 is 12.1 Å². The zero-order chi connectivity index (χ0) is 17.7. The molecule has 1 heterocycles. The second kappa shape index (κ2) is 8.00. The van der Waals surface area contributed by atoms with Crippen molar-refractivity contribution in [3.8, 4) is 0 Å². The zero-order valence-corrected chi connectivity index (χ0v) is 14.0. The Balaban J connectivity index is 1.69. The van der Waals surface area contributed by atoms with Crippen molar-refractivity contribution in [3.63, 3.8) is 0 Å². The summed E-state index contributed by atoms with van der Waals surface area (Å²) in [6.07, 6.45) is 0.400. The third-order valence-electron chi connectivity index (χ3n) is 4.81. The van der Waals surface area contributed by atoms with Crippen LogP contribution in [-0.4, -0.2) is 40.5 Å². The molecular weight excluding hydrogens is 321 g/mol. The summed E-state index contributed by atoms with van der Waals surface area (Å²) in [5.41, 5.74) is 0. The molecule has 0 unspecified atom stereocenters. The minimum Gasteiger partial charge on any atom is -0.352 e. The van der Waals surface area contributed by atoms with Crippen molar-refractivity contribution in [1.29, 1.82) is 0 Å². The van der Waals surface area contributed by atoms with Crippen LogP contribution in [0.3, 0.4) is 0 Å². The minimum atomic E-state index is -4.12. The number of alkyl halides is 3. The fraction of sp³-hybridized carbons (Fsp3) is 0.750. The van der Waals surface area contributed by atoms with Gasteiger partial charge in [-0.15, -0.1) is 0 Å². The van der Waals surface area contributed by atoms with Crippen LogP contribution in [-0.2, 0) is 4.79 Å². The number of amides is 1. The molecule has 1 aromatic rings. The molecule has 1 fully saturated rings. The monoisotopic (exact) mass is 346 g/mol. The first-order chi connectivity index (χ1) is 11.3. The Labute approximate surface area is 140 Å². The van der Waals surface area contributed by atoms with Gasteiger partial charge in [-0.2, -0.15) is 18.3 Å². The Kier molecular flexibility index (Phi) is 6.26. The number of nitrogens with one attached hydrogen (secondary N) is 2. The van der Waals surface area contributed by atoms with Crippen LogP contribution in [0.5, 0.6) is 0 Å². The lowest BCUT2D eigenvalue weighted by molar-refractivity contribution is -0.182. The standard InChI is InChI=1S/C16H25F3N4O/c1-11(12(2)23-9-3-8-21-23)20-10-15(24)22-14-6-4-13(5-7-14)16(17,18)19/h3,8-9,11-14,20H,4-7,10H2,1-2H3,(H,22,24)/t11-,12-,13?,14?/m1/s1. The Morgan fingerprint density at radius 1 is 1.29 bits per heavy atom. The number of aromatic nitrogens is 2. The van der Waals surface area contributed by atoms with Gasteiger partial charge in [0.15, 0.2) is 0 Å². The van der Waals surface area contributed by atoms with E-state index in [1.165, 1.54) is 0 Å². The smallest absolute Gasteiger partial charge is 0.352 e. The van der Waals surface area contributed by atoms with Crippen molar-refractivity contribution in [2.24, 2.45) is 5.92 Å². The lowest BCUT2D eigenvalue weighted by Crippen LogP contribution is -2.46. The van der Waals surface area contributed by atoms with Crippen LogP contribution in [0.1, 0.15) is 45.6 Å². The first kappa shape index (κ1) is 18.8. The first-order valence-corrected chi connectivity index (χ1v) is 8.36. The SMILES string of the molecule is C[C@H]([C@@H](C)NCC(=O)NC1CCC(C(F)(F)F)CC1)n1cccn1. The van der Waals surface area contributed by atoms with Gasteiger partial charge in [0.1, 0.15) is 0 Å². The van der Waals surface area contributed by atoms with Crippen molar-refractivity contribution < 1.29 is 18.0 Å². The predicted octanol–water partition coefficient (Wildman–Crippen LogP) is 2.66. The number of carbonyl (C=O) groups excluding carboxylic acids is 1. The molecule has 8 heteroatoms. The maximum Gasteiger partial charge on any atom is 0.391 e. The fourth-order valence-corrected chi connectivity index (χ4v) is 3.02. The van der Waals surface area contributed by atoms with Crippen LogP contribution >= 0.6 is 0 Å². The number of carbonyl (C=O) groups is 1. The predicted molar refractivity (Wildman–Crippen MR) is 84.3 cm³/mol. The number of hydrogen-bond donors (Lipinski definition) is 2. The lowest BCUT2D eigenvalue weighted by atomic mass is 9.85. The highest BCUT2D eigenvalue weighted by Gasteiger charge is 2.41. The normalized spacial score (nSPS) is 24.4. The molecular formula is C16H25F3N4O. The van der Waals surface area contributed by atoms with Crippen molar-refractivity contribution in [2.45, 2.75) is 63.8 Å². The van der Waals surface area contributed by atoms with Gasteiger partial charge < -0.3 is 10.6 Å². The summed E-state index contributed by atoms with van der Waals surface area (Å²) in [6, 6.07) is 1.82. The Bertz CT molecular complexity index is 510. The highest BCUT2D eigenvalue weighted by molar-refractivity contribution is 5.78. The van der Waals surface area contributed by atoms with Crippen LogP contribution in [0.25, 0.3) is 0 Å². The summed E-state index contributed by atoms with van der Waals surface area (Å²) in [5.74, 6) is -1.40. The van der Waals surface area contributed by atoms with Crippen molar-refractivity contribution in [1.82, 2.24) is 20.4 Å². The molecule has 0 bridgehead atoms. The molecule has 2 N–H and O–H groups in total. The van der Waals surface area contributed by atoms with Gasteiger partial charge in [0.25, 0.3) is 0 Å². The van der Waals surface area contributed by atoms with Crippen LogP contribution < -0.4 is 10.6 Å². The number of nitrogens with zero attached hydrogens (tertiary/aromatic N) is 2. The highest BCUT2D eigenvalue weighted by atomic mass is 19.4. The van der Waals surface area contributed by atoms with E-state index in [2.05, 4.69) is 15.7 Å². The van der Waals surface area contributed by atoms with Crippen molar-refractivity contribution in [2.75, 3.05) is 6.54 Å². The molecule has 1 aliphatic rings. The third kappa shape index (κ3) is 5.22. The second-order valence-corrected chi connectivity index (χ2v) is 6.55. The maximum atomic E-state index is 12.6. The van der Waals surface area contributed by atoms with Crippen LogP contribution in [0, 0.1) is 5.92 Å². The summed E-state index contributed by atoms with van der Waals surface area (Å²) in [6.45, 7) is 4.11. The van der Waals surface area contributed by atoms with Gasteiger partial charge in [-0.1, -0.05) is 0 Å². The molecule has 0 aromatic carbocycles. The van der Waals surface area contributed by atoms with Gasteiger partial charge in [-0.25, -0.2) is 0 Å². The van der Waals surface area contributed by atoms with Crippen LogP contribution in [0.2, 0.25) is 0 Å². The average molecular weight is 346 g/mol. The molecule has 1 aromatic heterocycles. The topological polar surface area (TPSA) is 59.0 Å². The fourth-order valence-electron chi connectivity index (χ4n) is 3.02. The number of hydrogen-bond acceptors (Lipinski definition) is 3. The quantitative estimate of drug-likeness (QED) is 0.833. The summed E-state index contributed by atoms with van der Waals surface area (Å²) in [4.78, 5) is 12.0. The molecule has 24 heavy (non-hydrogen) atoms. The second-order valence-electron chi connectivity index (χ2n) is 6.55. The van der Waals surface area contributed by atoms with Gasteiger partial charge in [0.2, 0.25) is 5.91 Å².